The van der Waals surface area contributed by atoms with Crippen molar-refractivity contribution in [3.05, 3.63) is 59.7 Å². The first-order valence-electron chi connectivity index (χ1n) is 8.23. The second kappa shape index (κ2) is 8.96. The highest BCUT2D eigenvalue weighted by molar-refractivity contribution is 5.76. The minimum Gasteiger partial charge on any atom is -0.493 e. The number of carbonyl (C=O) groups excluding carboxylic acids is 1. The molecule has 0 aliphatic carbocycles. The molecule has 1 atom stereocenters. The third kappa shape index (κ3) is 4.75. The van der Waals surface area contributed by atoms with Crippen LogP contribution in [-0.4, -0.2) is 20.1 Å². The van der Waals surface area contributed by atoms with Crippen LogP contribution < -0.4 is 14.8 Å². The maximum Gasteiger partial charge on any atom is 0.220 e. The van der Waals surface area contributed by atoms with Crippen LogP contribution in [0.1, 0.15) is 36.9 Å². The molecule has 0 aromatic heterocycles. The highest BCUT2D eigenvalue weighted by Gasteiger charge is 2.15. The summed E-state index contributed by atoms with van der Waals surface area (Å²) in [6.45, 7) is 2.05. The number of rotatable bonds is 8. The van der Waals surface area contributed by atoms with E-state index in [1.54, 1.807) is 14.2 Å². The third-order valence-electron chi connectivity index (χ3n) is 4.04. The quantitative estimate of drug-likeness (QED) is 0.800. The van der Waals surface area contributed by atoms with E-state index in [0.29, 0.717) is 17.9 Å². The highest BCUT2D eigenvalue weighted by Crippen LogP contribution is 2.30. The summed E-state index contributed by atoms with van der Waals surface area (Å²) in [6, 6.07) is 15.8. The number of amides is 1. The van der Waals surface area contributed by atoms with Crippen molar-refractivity contribution in [3.63, 3.8) is 0 Å². The summed E-state index contributed by atoms with van der Waals surface area (Å²) >= 11 is 0. The minimum atomic E-state index is -0.0342. The molecule has 128 valence electrons. The summed E-state index contributed by atoms with van der Waals surface area (Å²) in [4.78, 5) is 12.3. The number of hydrogen-bond acceptors (Lipinski definition) is 3. The molecule has 0 aliphatic rings. The Labute approximate surface area is 143 Å². The molecule has 1 N–H and O–H groups in total. The van der Waals surface area contributed by atoms with Crippen LogP contribution in [0.4, 0.5) is 0 Å². The fourth-order valence-electron chi connectivity index (χ4n) is 2.66. The van der Waals surface area contributed by atoms with Crippen molar-refractivity contribution in [2.75, 3.05) is 14.2 Å². The molecule has 0 bridgehead atoms. The molecule has 2 aromatic carbocycles. The standard InChI is InChI=1S/C20H25NO3/c1-4-17(16-11-12-18(23-2)19(14-16)24-3)21-20(22)13-10-15-8-6-5-7-9-15/h5-9,11-12,14,17H,4,10,13H2,1-3H3,(H,21,22)/t17-/m1/s1. The zero-order chi connectivity index (χ0) is 17.4. The Kier molecular flexibility index (Phi) is 6.67. The summed E-state index contributed by atoms with van der Waals surface area (Å²) in [7, 11) is 3.22. The van der Waals surface area contributed by atoms with Gasteiger partial charge in [0.15, 0.2) is 11.5 Å². The molecule has 4 nitrogen and oxygen atoms in total. The highest BCUT2D eigenvalue weighted by atomic mass is 16.5. The predicted octanol–water partition coefficient (Wildman–Crippen LogP) is 3.90. The van der Waals surface area contributed by atoms with Crippen LogP contribution in [-0.2, 0) is 11.2 Å². The summed E-state index contributed by atoms with van der Waals surface area (Å²) in [5, 5.41) is 3.11. The van der Waals surface area contributed by atoms with Crippen molar-refractivity contribution in [1.29, 1.82) is 0 Å². The zero-order valence-electron chi connectivity index (χ0n) is 14.5. The Morgan fingerprint density at radius 1 is 1.04 bits per heavy atom. The van der Waals surface area contributed by atoms with Crippen LogP contribution in [0.15, 0.2) is 48.5 Å². The lowest BCUT2D eigenvalue weighted by Gasteiger charge is -2.19. The van der Waals surface area contributed by atoms with E-state index in [4.69, 9.17) is 9.47 Å². The minimum absolute atomic E-state index is 0.0342. The average Bonchev–Trinajstić information content (AvgIpc) is 2.64. The Balaban J connectivity index is 1.99. The van der Waals surface area contributed by atoms with Crippen LogP contribution in [0.2, 0.25) is 0 Å². The maximum absolute atomic E-state index is 12.3. The first-order valence-corrected chi connectivity index (χ1v) is 8.23. The molecule has 1 amide bonds. The van der Waals surface area contributed by atoms with E-state index in [9.17, 15) is 4.79 Å². The van der Waals surface area contributed by atoms with Gasteiger partial charge in [-0.2, -0.15) is 0 Å². The van der Waals surface area contributed by atoms with Crippen molar-refractivity contribution < 1.29 is 14.3 Å². The summed E-state index contributed by atoms with van der Waals surface area (Å²) in [5.74, 6) is 1.42. The van der Waals surface area contributed by atoms with Gasteiger partial charge in [-0.15, -0.1) is 0 Å². The molecule has 2 aromatic rings. The van der Waals surface area contributed by atoms with Crippen molar-refractivity contribution in [2.24, 2.45) is 0 Å². The first kappa shape index (κ1) is 17.9. The van der Waals surface area contributed by atoms with Crippen LogP contribution in [0.5, 0.6) is 11.5 Å². The molecule has 0 spiro atoms. The third-order valence-corrected chi connectivity index (χ3v) is 4.04. The van der Waals surface area contributed by atoms with E-state index in [1.165, 1.54) is 5.56 Å². The summed E-state index contributed by atoms with van der Waals surface area (Å²) < 4.78 is 10.6. The van der Waals surface area contributed by atoms with E-state index in [2.05, 4.69) is 12.2 Å². The molecular formula is C20H25NO3. The number of aryl methyl sites for hydroxylation is 1. The molecule has 4 heteroatoms. The van der Waals surface area contributed by atoms with Gasteiger partial charge in [-0.1, -0.05) is 43.3 Å². The van der Waals surface area contributed by atoms with E-state index < -0.39 is 0 Å². The largest absolute Gasteiger partial charge is 0.493 e. The SMILES string of the molecule is CC[C@@H](NC(=O)CCc1ccccc1)c1ccc(OC)c(OC)c1. The Hall–Kier alpha value is -2.49. The summed E-state index contributed by atoms with van der Waals surface area (Å²) in [6.07, 6.45) is 2.04. The Morgan fingerprint density at radius 2 is 1.75 bits per heavy atom. The smallest absolute Gasteiger partial charge is 0.220 e. The van der Waals surface area contributed by atoms with Crippen LogP contribution in [0.3, 0.4) is 0 Å². The molecule has 0 aliphatic heterocycles. The van der Waals surface area contributed by atoms with Gasteiger partial charge in [0.2, 0.25) is 5.91 Å². The van der Waals surface area contributed by atoms with Gasteiger partial charge in [-0.3, -0.25) is 4.79 Å². The molecule has 0 saturated heterocycles. The van der Waals surface area contributed by atoms with Crippen molar-refractivity contribution >= 4 is 5.91 Å². The van der Waals surface area contributed by atoms with E-state index in [1.807, 2.05) is 48.5 Å². The number of methoxy groups -OCH3 is 2. The number of nitrogens with one attached hydrogen (secondary N) is 1. The van der Waals surface area contributed by atoms with Crippen molar-refractivity contribution in [3.8, 4) is 11.5 Å². The normalized spacial score (nSPS) is 11.6. The molecular weight excluding hydrogens is 302 g/mol. The van der Waals surface area contributed by atoms with Gasteiger partial charge in [-0.25, -0.2) is 0 Å². The summed E-state index contributed by atoms with van der Waals surface area (Å²) in [5.41, 5.74) is 2.19. The maximum atomic E-state index is 12.3. The van der Waals surface area contributed by atoms with E-state index >= 15 is 0 Å². The van der Waals surface area contributed by atoms with Crippen LogP contribution >= 0.6 is 0 Å². The fourth-order valence-corrected chi connectivity index (χ4v) is 2.66. The molecule has 24 heavy (non-hydrogen) atoms. The molecule has 0 unspecified atom stereocenters. The van der Waals surface area contributed by atoms with Crippen LogP contribution in [0, 0.1) is 0 Å². The Morgan fingerprint density at radius 3 is 2.38 bits per heavy atom. The van der Waals surface area contributed by atoms with Gasteiger partial charge in [0.1, 0.15) is 0 Å². The van der Waals surface area contributed by atoms with Crippen molar-refractivity contribution in [2.45, 2.75) is 32.2 Å². The fraction of sp³-hybridized carbons (Fsp3) is 0.350. The predicted molar refractivity (Wildman–Crippen MR) is 95.5 cm³/mol. The lowest BCUT2D eigenvalue weighted by atomic mass is 10.0. The van der Waals surface area contributed by atoms with Gasteiger partial charge in [0, 0.05) is 6.42 Å². The average molecular weight is 327 g/mol. The topological polar surface area (TPSA) is 47.6 Å². The van der Waals surface area contributed by atoms with Gasteiger partial charge < -0.3 is 14.8 Å². The monoisotopic (exact) mass is 327 g/mol. The van der Waals surface area contributed by atoms with Gasteiger partial charge in [0.25, 0.3) is 0 Å². The van der Waals surface area contributed by atoms with Crippen LogP contribution in [0.25, 0.3) is 0 Å². The molecule has 0 saturated carbocycles. The second-order valence-corrected chi connectivity index (χ2v) is 5.63. The van der Waals surface area contributed by atoms with Gasteiger partial charge >= 0.3 is 0 Å². The molecule has 0 fully saturated rings. The number of ether oxygens (including phenoxy) is 2. The number of benzene rings is 2. The van der Waals surface area contributed by atoms with E-state index in [0.717, 1.165) is 18.4 Å². The number of carbonyl (C=O) groups is 1. The first-order chi connectivity index (χ1) is 11.7. The molecule has 0 heterocycles. The van der Waals surface area contributed by atoms with Gasteiger partial charge in [-0.05, 0) is 36.1 Å². The Bertz CT molecular complexity index is 655. The lowest BCUT2D eigenvalue weighted by molar-refractivity contribution is -0.121. The zero-order valence-corrected chi connectivity index (χ0v) is 14.5. The second-order valence-electron chi connectivity index (χ2n) is 5.63. The molecule has 0 radical (unpaired) electrons. The van der Waals surface area contributed by atoms with Gasteiger partial charge in [0.05, 0.1) is 20.3 Å². The molecule has 2 rings (SSSR count). The lowest BCUT2D eigenvalue weighted by Crippen LogP contribution is -2.28. The van der Waals surface area contributed by atoms with E-state index in [-0.39, 0.29) is 11.9 Å². The number of hydrogen-bond donors (Lipinski definition) is 1. The van der Waals surface area contributed by atoms with Crippen molar-refractivity contribution in [1.82, 2.24) is 5.32 Å².